The number of carbonyl (C=O) groups is 1. The summed E-state index contributed by atoms with van der Waals surface area (Å²) in [5.74, 6) is 1.97. The SMILES string of the molecule is Cc1noc(C)c1C(=O)N1CCC[C@@H](c2nccn2CCN(C)C)C1. The van der Waals surface area contributed by atoms with Crippen LogP contribution in [0.15, 0.2) is 16.9 Å². The third-order valence-corrected chi connectivity index (χ3v) is 4.86. The van der Waals surface area contributed by atoms with Gasteiger partial charge in [0.05, 0.1) is 5.69 Å². The second-order valence-electron chi connectivity index (χ2n) is 7.07. The number of likely N-dealkylation sites (tertiary alicyclic amines) is 1. The fourth-order valence-corrected chi connectivity index (χ4v) is 3.50. The van der Waals surface area contributed by atoms with Gasteiger partial charge in [-0.15, -0.1) is 0 Å². The lowest BCUT2D eigenvalue weighted by molar-refractivity contribution is 0.0700. The van der Waals surface area contributed by atoms with E-state index in [0.717, 1.165) is 38.3 Å². The van der Waals surface area contributed by atoms with E-state index in [1.807, 2.05) is 24.2 Å². The molecule has 0 radical (unpaired) electrons. The Labute approximate surface area is 148 Å². The summed E-state index contributed by atoms with van der Waals surface area (Å²) in [4.78, 5) is 21.6. The molecule has 3 rings (SSSR count). The maximum Gasteiger partial charge on any atom is 0.259 e. The van der Waals surface area contributed by atoms with Crippen LogP contribution in [0.25, 0.3) is 0 Å². The second kappa shape index (κ2) is 7.39. The number of rotatable bonds is 5. The largest absolute Gasteiger partial charge is 0.361 e. The summed E-state index contributed by atoms with van der Waals surface area (Å²) in [6.07, 6.45) is 5.94. The lowest BCUT2D eigenvalue weighted by Crippen LogP contribution is -2.40. The van der Waals surface area contributed by atoms with Crippen molar-refractivity contribution in [3.8, 4) is 0 Å². The Morgan fingerprint density at radius 1 is 1.40 bits per heavy atom. The van der Waals surface area contributed by atoms with Crippen LogP contribution in [0.2, 0.25) is 0 Å². The molecular formula is C18H27N5O2. The monoisotopic (exact) mass is 345 g/mol. The molecule has 1 aliphatic heterocycles. The predicted molar refractivity (Wildman–Crippen MR) is 94.6 cm³/mol. The Balaban J connectivity index is 1.74. The van der Waals surface area contributed by atoms with Crippen LogP contribution in [-0.4, -0.2) is 64.1 Å². The number of imidazole rings is 1. The van der Waals surface area contributed by atoms with Gasteiger partial charge in [0.15, 0.2) is 0 Å². The van der Waals surface area contributed by atoms with Gasteiger partial charge in [0.1, 0.15) is 17.1 Å². The van der Waals surface area contributed by atoms with Gasteiger partial charge in [-0.3, -0.25) is 4.79 Å². The lowest BCUT2D eigenvalue weighted by atomic mass is 9.96. The van der Waals surface area contributed by atoms with E-state index in [0.29, 0.717) is 23.6 Å². The predicted octanol–water partition coefficient (Wildman–Crippen LogP) is 2.07. The van der Waals surface area contributed by atoms with Crippen LogP contribution in [0, 0.1) is 13.8 Å². The molecule has 0 saturated carbocycles. The summed E-state index contributed by atoms with van der Waals surface area (Å²) in [7, 11) is 4.14. The summed E-state index contributed by atoms with van der Waals surface area (Å²) in [5.41, 5.74) is 1.27. The molecule has 3 heterocycles. The quantitative estimate of drug-likeness (QED) is 0.830. The zero-order valence-electron chi connectivity index (χ0n) is 15.5. The minimum Gasteiger partial charge on any atom is -0.361 e. The topological polar surface area (TPSA) is 67.4 Å². The normalized spacial score (nSPS) is 18.1. The van der Waals surface area contributed by atoms with E-state index in [-0.39, 0.29) is 11.8 Å². The number of likely N-dealkylation sites (N-methyl/N-ethyl adjacent to an activating group) is 1. The fourth-order valence-electron chi connectivity index (χ4n) is 3.50. The molecule has 0 unspecified atom stereocenters. The number of amides is 1. The third kappa shape index (κ3) is 3.76. The van der Waals surface area contributed by atoms with E-state index in [2.05, 4.69) is 33.7 Å². The highest BCUT2D eigenvalue weighted by molar-refractivity contribution is 5.96. The molecule has 0 bridgehead atoms. The standard InChI is InChI=1S/C18H27N5O2/c1-13-16(14(2)25-20-13)18(24)23-8-5-6-15(12-23)17-19-7-9-22(17)11-10-21(3)4/h7,9,15H,5-6,8,10-12H2,1-4H3/t15-/m1/s1. The minimum absolute atomic E-state index is 0.0207. The molecule has 0 N–H and O–H groups in total. The molecule has 1 atom stereocenters. The molecule has 25 heavy (non-hydrogen) atoms. The number of hydrogen-bond donors (Lipinski definition) is 0. The average molecular weight is 345 g/mol. The summed E-state index contributed by atoms with van der Waals surface area (Å²) >= 11 is 0. The van der Waals surface area contributed by atoms with E-state index in [9.17, 15) is 4.79 Å². The van der Waals surface area contributed by atoms with Gasteiger partial charge in [0, 0.05) is 44.5 Å². The maximum absolute atomic E-state index is 12.9. The number of aryl methyl sites for hydroxylation is 2. The fraction of sp³-hybridized carbons (Fsp3) is 0.611. The Morgan fingerprint density at radius 2 is 2.20 bits per heavy atom. The molecule has 0 aliphatic carbocycles. The highest BCUT2D eigenvalue weighted by Crippen LogP contribution is 2.28. The number of hydrogen-bond acceptors (Lipinski definition) is 5. The van der Waals surface area contributed by atoms with E-state index < -0.39 is 0 Å². The Morgan fingerprint density at radius 3 is 2.88 bits per heavy atom. The number of carbonyl (C=O) groups excluding carboxylic acids is 1. The Hall–Kier alpha value is -2.15. The summed E-state index contributed by atoms with van der Waals surface area (Å²) < 4.78 is 7.38. The number of nitrogens with zero attached hydrogens (tertiary/aromatic N) is 5. The summed E-state index contributed by atoms with van der Waals surface area (Å²) in [6.45, 7) is 6.97. The van der Waals surface area contributed by atoms with Crippen molar-refractivity contribution in [1.82, 2.24) is 24.5 Å². The Kier molecular flexibility index (Phi) is 5.22. The van der Waals surface area contributed by atoms with Crippen molar-refractivity contribution in [1.29, 1.82) is 0 Å². The smallest absolute Gasteiger partial charge is 0.259 e. The zero-order chi connectivity index (χ0) is 18.0. The van der Waals surface area contributed by atoms with E-state index in [1.165, 1.54) is 0 Å². The number of aromatic nitrogens is 3. The van der Waals surface area contributed by atoms with Gasteiger partial charge in [0.25, 0.3) is 5.91 Å². The molecule has 0 spiro atoms. The van der Waals surface area contributed by atoms with Gasteiger partial charge in [-0.2, -0.15) is 0 Å². The molecular weight excluding hydrogens is 318 g/mol. The highest BCUT2D eigenvalue weighted by Gasteiger charge is 2.30. The molecule has 1 amide bonds. The van der Waals surface area contributed by atoms with Crippen molar-refractivity contribution in [2.75, 3.05) is 33.7 Å². The molecule has 136 valence electrons. The van der Waals surface area contributed by atoms with E-state index in [4.69, 9.17) is 4.52 Å². The van der Waals surface area contributed by atoms with Crippen LogP contribution >= 0.6 is 0 Å². The van der Waals surface area contributed by atoms with Crippen molar-refractivity contribution in [2.24, 2.45) is 0 Å². The highest BCUT2D eigenvalue weighted by atomic mass is 16.5. The van der Waals surface area contributed by atoms with Crippen molar-refractivity contribution in [2.45, 2.75) is 39.2 Å². The van der Waals surface area contributed by atoms with Crippen molar-refractivity contribution in [3.05, 3.63) is 35.2 Å². The van der Waals surface area contributed by atoms with Crippen LogP contribution in [0.4, 0.5) is 0 Å². The first kappa shape index (κ1) is 17.7. The maximum atomic E-state index is 12.9. The second-order valence-corrected chi connectivity index (χ2v) is 7.07. The molecule has 2 aromatic rings. The van der Waals surface area contributed by atoms with Gasteiger partial charge >= 0.3 is 0 Å². The minimum atomic E-state index is 0.0207. The van der Waals surface area contributed by atoms with Gasteiger partial charge in [-0.1, -0.05) is 5.16 Å². The first-order chi connectivity index (χ1) is 12.0. The van der Waals surface area contributed by atoms with Crippen molar-refractivity contribution >= 4 is 5.91 Å². The zero-order valence-corrected chi connectivity index (χ0v) is 15.5. The first-order valence-corrected chi connectivity index (χ1v) is 8.85. The average Bonchev–Trinajstić information content (AvgIpc) is 3.19. The van der Waals surface area contributed by atoms with E-state index in [1.54, 1.807) is 6.92 Å². The van der Waals surface area contributed by atoms with Crippen LogP contribution in [0.3, 0.4) is 0 Å². The lowest BCUT2D eigenvalue weighted by Gasteiger charge is -2.32. The number of piperidine rings is 1. The molecule has 2 aromatic heterocycles. The molecule has 1 fully saturated rings. The first-order valence-electron chi connectivity index (χ1n) is 8.85. The molecule has 1 aliphatic rings. The summed E-state index contributed by atoms with van der Waals surface area (Å²) in [5, 5.41) is 3.91. The molecule has 7 heteroatoms. The molecule has 7 nitrogen and oxygen atoms in total. The van der Waals surface area contributed by atoms with Crippen molar-refractivity contribution in [3.63, 3.8) is 0 Å². The van der Waals surface area contributed by atoms with Gasteiger partial charge in [0.2, 0.25) is 0 Å². The van der Waals surface area contributed by atoms with Crippen LogP contribution in [-0.2, 0) is 6.54 Å². The van der Waals surface area contributed by atoms with Crippen LogP contribution in [0.1, 0.15) is 46.4 Å². The Bertz CT molecular complexity index is 714. The molecule has 0 aromatic carbocycles. The van der Waals surface area contributed by atoms with Gasteiger partial charge in [-0.25, -0.2) is 4.98 Å². The third-order valence-electron chi connectivity index (χ3n) is 4.86. The molecule has 1 saturated heterocycles. The van der Waals surface area contributed by atoms with Crippen LogP contribution < -0.4 is 0 Å². The van der Waals surface area contributed by atoms with Gasteiger partial charge < -0.3 is 18.9 Å². The van der Waals surface area contributed by atoms with Crippen molar-refractivity contribution < 1.29 is 9.32 Å². The summed E-state index contributed by atoms with van der Waals surface area (Å²) in [6, 6.07) is 0. The van der Waals surface area contributed by atoms with Crippen LogP contribution in [0.5, 0.6) is 0 Å². The van der Waals surface area contributed by atoms with Gasteiger partial charge in [-0.05, 0) is 40.8 Å². The van der Waals surface area contributed by atoms with E-state index >= 15 is 0 Å².